The molecule has 0 aliphatic carbocycles. The first-order valence-corrected chi connectivity index (χ1v) is 13.4. The van der Waals surface area contributed by atoms with E-state index in [0.717, 1.165) is 49.7 Å². The van der Waals surface area contributed by atoms with E-state index in [1.54, 1.807) is 0 Å². The summed E-state index contributed by atoms with van der Waals surface area (Å²) in [6, 6.07) is 3.65. The Hall–Kier alpha value is -1.21. The van der Waals surface area contributed by atoms with Gasteiger partial charge in [0.25, 0.3) is 0 Å². The summed E-state index contributed by atoms with van der Waals surface area (Å²) in [4.78, 5) is 22.5. The number of halogens is 4. The van der Waals surface area contributed by atoms with Gasteiger partial charge >= 0.3 is 12.1 Å². The van der Waals surface area contributed by atoms with E-state index < -0.39 is 17.7 Å². The lowest BCUT2D eigenvalue weighted by atomic mass is 10.0. The van der Waals surface area contributed by atoms with E-state index in [0.29, 0.717) is 12.0 Å². The van der Waals surface area contributed by atoms with E-state index in [1.165, 1.54) is 50.7 Å². The van der Waals surface area contributed by atoms with E-state index in [-0.39, 0.29) is 23.6 Å². The molecule has 0 saturated heterocycles. The molecule has 0 aromatic heterocycles. The zero-order valence-electron chi connectivity index (χ0n) is 19.2. The first-order valence-electron chi connectivity index (χ1n) is 11.9. The number of alkyl halides is 3. The van der Waals surface area contributed by atoms with Gasteiger partial charge < -0.3 is 5.11 Å². The third kappa shape index (κ3) is 15.3. The molecule has 33 heavy (non-hydrogen) atoms. The number of Topliss-reactive ketones (excluding diaryl/α,β-unsaturated/α-hetero) is 1. The number of carboxylic acids is 1. The molecule has 0 bridgehead atoms. The maximum absolute atomic E-state index is 12.9. The van der Waals surface area contributed by atoms with E-state index >= 15 is 0 Å². The Balaban J connectivity index is 1.96. The molecule has 0 fully saturated rings. The molecule has 0 heterocycles. The molecule has 0 radical (unpaired) electrons. The Morgan fingerprint density at radius 1 is 0.818 bits per heavy atom. The fourth-order valence-electron chi connectivity index (χ4n) is 3.56. The molecule has 0 aliphatic heterocycles. The third-order valence-corrected chi connectivity index (χ3v) is 6.90. The first-order chi connectivity index (χ1) is 15.7. The highest BCUT2D eigenvalue weighted by Crippen LogP contribution is 2.35. The predicted octanol–water partition coefficient (Wildman–Crippen LogP) is 8.36. The van der Waals surface area contributed by atoms with Gasteiger partial charge in [-0.05, 0) is 54.9 Å². The van der Waals surface area contributed by atoms with Crippen molar-refractivity contribution in [1.29, 1.82) is 0 Å². The molecule has 8 heteroatoms. The summed E-state index contributed by atoms with van der Waals surface area (Å²) in [7, 11) is 0. The molecule has 1 N–H and O–H groups in total. The van der Waals surface area contributed by atoms with Crippen LogP contribution in [-0.2, 0) is 22.2 Å². The van der Waals surface area contributed by atoms with Crippen molar-refractivity contribution in [3.05, 3.63) is 34.3 Å². The van der Waals surface area contributed by atoms with Gasteiger partial charge in [0.05, 0.1) is 10.6 Å². The molecule has 1 rings (SSSR count). The second-order valence-electron chi connectivity index (χ2n) is 8.42. The van der Waals surface area contributed by atoms with Crippen LogP contribution in [0.3, 0.4) is 0 Å². The minimum Gasteiger partial charge on any atom is -0.481 e. The fraction of sp³-hybridized carbons (Fsp3) is 0.680. The number of aliphatic carboxylic acids is 1. The van der Waals surface area contributed by atoms with Crippen LogP contribution in [0.15, 0.2) is 18.2 Å². The summed E-state index contributed by atoms with van der Waals surface area (Å²) < 4.78 is 38.7. The molecule has 1 aromatic carbocycles. The minimum absolute atomic E-state index is 0.00965. The van der Waals surface area contributed by atoms with Crippen LogP contribution in [0.5, 0.6) is 0 Å². The van der Waals surface area contributed by atoms with Gasteiger partial charge in [-0.1, -0.05) is 62.6 Å². The van der Waals surface area contributed by atoms with E-state index in [1.807, 2.05) is 11.8 Å². The Morgan fingerprint density at radius 2 is 1.33 bits per heavy atom. The predicted molar refractivity (Wildman–Crippen MR) is 130 cm³/mol. The number of carbonyl (C=O) groups is 2. The van der Waals surface area contributed by atoms with Gasteiger partial charge in [-0.15, -0.1) is 0 Å². The van der Waals surface area contributed by atoms with Crippen LogP contribution in [0, 0.1) is 0 Å². The molecule has 0 spiro atoms. The minimum atomic E-state index is -4.52. The zero-order valence-corrected chi connectivity index (χ0v) is 20.8. The number of carboxylic acid groups (broad SMARTS) is 1. The molecular formula is C25H36ClF3O3S. The van der Waals surface area contributed by atoms with Crippen LogP contribution in [0.2, 0.25) is 5.02 Å². The Kier molecular flexibility index (Phi) is 15.6. The molecule has 0 atom stereocenters. The Labute approximate surface area is 204 Å². The smallest absolute Gasteiger partial charge is 0.417 e. The van der Waals surface area contributed by atoms with Crippen molar-refractivity contribution in [2.75, 3.05) is 11.5 Å². The Bertz CT molecular complexity index is 711. The van der Waals surface area contributed by atoms with Crippen LogP contribution in [-0.4, -0.2) is 28.4 Å². The summed E-state index contributed by atoms with van der Waals surface area (Å²) in [5, 5.41) is 8.23. The van der Waals surface area contributed by atoms with E-state index in [4.69, 9.17) is 16.7 Å². The molecular weight excluding hydrogens is 473 g/mol. The highest BCUT2D eigenvalue weighted by Gasteiger charge is 2.33. The van der Waals surface area contributed by atoms with Gasteiger partial charge in [0.2, 0.25) is 0 Å². The zero-order chi connectivity index (χ0) is 24.5. The lowest BCUT2D eigenvalue weighted by molar-refractivity contribution is -0.138. The van der Waals surface area contributed by atoms with Crippen molar-refractivity contribution in [3.63, 3.8) is 0 Å². The number of benzene rings is 1. The molecule has 3 nitrogen and oxygen atoms in total. The molecule has 0 saturated carbocycles. The molecule has 1 aromatic rings. The van der Waals surface area contributed by atoms with Crippen molar-refractivity contribution >= 4 is 35.1 Å². The van der Waals surface area contributed by atoms with Crippen LogP contribution < -0.4 is 0 Å². The normalized spacial score (nSPS) is 11.6. The SMILES string of the molecule is O=C(O)CCCCCCCCCCCSCCCCC(=O)Cc1ccc(Cl)c(C(F)(F)F)c1. The maximum Gasteiger partial charge on any atom is 0.417 e. The molecule has 0 aliphatic rings. The number of ketones is 1. The fourth-order valence-corrected chi connectivity index (χ4v) is 4.81. The van der Waals surface area contributed by atoms with Crippen molar-refractivity contribution in [2.45, 2.75) is 96.1 Å². The van der Waals surface area contributed by atoms with Crippen molar-refractivity contribution < 1.29 is 27.9 Å². The largest absolute Gasteiger partial charge is 0.481 e. The summed E-state index contributed by atoms with van der Waals surface area (Å²) >= 11 is 7.51. The molecule has 0 unspecified atom stereocenters. The highest BCUT2D eigenvalue weighted by atomic mass is 35.5. The molecule has 0 amide bonds. The van der Waals surface area contributed by atoms with Gasteiger partial charge in [-0.25, -0.2) is 0 Å². The highest BCUT2D eigenvalue weighted by molar-refractivity contribution is 7.99. The maximum atomic E-state index is 12.9. The lowest BCUT2D eigenvalue weighted by Crippen LogP contribution is -2.08. The average molecular weight is 509 g/mol. The lowest BCUT2D eigenvalue weighted by Gasteiger charge is -2.10. The monoisotopic (exact) mass is 508 g/mol. The van der Waals surface area contributed by atoms with Crippen LogP contribution in [0.4, 0.5) is 13.2 Å². The Morgan fingerprint density at radius 3 is 1.91 bits per heavy atom. The standard InChI is InChI=1S/C25H36ClF3O3S/c26-23-15-14-20(19-22(23)25(27,28)29)18-21(30)12-9-11-17-33-16-10-7-5-3-1-2-4-6-8-13-24(31)32/h14-15,19H,1-13,16-18H2,(H,31,32). The second kappa shape index (κ2) is 17.3. The van der Waals surface area contributed by atoms with Gasteiger partial charge in [0.1, 0.15) is 5.78 Å². The van der Waals surface area contributed by atoms with Crippen LogP contribution in [0.1, 0.15) is 94.6 Å². The van der Waals surface area contributed by atoms with Gasteiger partial charge in [-0.3, -0.25) is 9.59 Å². The quantitative estimate of drug-likeness (QED) is 0.191. The van der Waals surface area contributed by atoms with E-state index in [2.05, 4.69) is 0 Å². The molecule has 188 valence electrons. The third-order valence-electron chi connectivity index (χ3n) is 5.41. The first kappa shape index (κ1) is 29.8. The summed E-state index contributed by atoms with van der Waals surface area (Å²) in [5.41, 5.74) is -0.539. The second-order valence-corrected chi connectivity index (χ2v) is 10.1. The van der Waals surface area contributed by atoms with E-state index in [9.17, 15) is 22.8 Å². The number of unbranched alkanes of at least 4 members (excludes halogenated alkanes) is 9. The summed E-state index contributed by atoms with van der Waals surface area (Å²) in [5.74, 6) is 1.37. The van der Waals surface area contributed by atoms with Gasteiger partial charge in [-0.2, -0.15) is 24.9 Å². The summed E-state index contributed by atoms with van der Waals surface area (Å²) in [6.45, 7) is 0. The summed E-state index contributed by atoms with van der Waals surface area (Å²) in [6.07, 6.45) is 8.10. The number of hydrogen-bond acceptors (Lipinski definition) is 3. The van der Waals surface area contributed by atoms with Crippen molar-refractivity contribution in [1.82, 2.24) is 0 Å². The number of rotatable bonds is 19. The topological polar surface area (TPSA) is 54.4 Å². The number of hydrogen-bond donors (Lipinski definition) is 1. The van der Waals surface area contributed by atoms with Crippen molar-refractivity contribution in [3.8, 4) is 0 Å². The number of carbonyl (C=O) groups excluding carboxylic acids is 1. The van der Waals surface area contributed by atoms with Crippen LogP contribution >= 0.6 is 23.4 Å². The van der Waals surface area contributed by atoms with Gasteiger partial charge in [0.15, 0.2) is 0 Å². The van der Waals surface area contributed by atoms with Crippen LogP contribution in [0.25, 0.3) is 0 Å². The van der Waals surface area contributed by atoms with Gasteiger partial charge in [0, 0.05) is 19.3 Å². The number of thioether (sulfide) groups is 1. The average Bonchev–Trinajstić information content (AvgIpc) is 2.73. The van der Waals surface area contributed by atoms with Crippen molar-refractivity contribution in [2.24, 2.45) is 0 Å².